The molecule has 0 aliphatic carbocycles. The van der Waals surface area contributed by atoms with Crippen LogP contribution < -0.4 is 4.90 Å². The second-order valence-corrected chi connectivity index (χ2v) is 4.46. The molecule has 1 amide bonds. The average molecular weight is 225 g/mol. The number of aromatic nitrogens is 2. The van der Waals surface area contributed by atoms with Crippen LogP contribution in [0.15, 0.2) is 6.07 Å². The summed E-state index contributed by atoms with van der Waals surface area (Å²) in [6.07, 6.45) is -0.456. The highest BCUT2D eigenvalue weighted by atomic mass is 16.4. The number of carbonyl (C=O) groups is 2. The monoisotopic (exact) mass is 225 g/mol. The Kier molecular flexibility index (Phi) is 3.02. The van der Waals surface area contributed by atoms with Gasteiger partial charge in [-0.05, 0) is 20.8 Å². The Morgan fingerprint density at radius 1 is 1.56 bits per heavy atom. The van der Waals surface area contributed by atoms with Crippen molar-refractivity contribution in [3.63, 3.8) is 0 Å². The van der Waals surface area contributed by atoms with Gasteiger partial charge in [0.1, 0.15) is 5.69 Å². The third-order valence-electron chi connectivity index (χ3n) is 2.12. The van der Waals surface area contributed by atoms with Crippen molar-refractivity contribution in [3.8, 4) is 0 Å². The van der Waals surface area contributed by atoms with E-state index < -0.39 is 11.6 Å². The first kappa shape index (κ1) is 12.2. The van der Waals surface area contributed by atoms with Crippen molar-refractivity contribution in [2.75, 3.05) is 4.90 Å². The standard InChI is InChI=1S/C10H15N3O3/c1-10(2,3)13(9(15)16)8-5-7(6-14)12(4)11-8/h5-6H,1-4H3,(H,15,16). The Hall–Kier alpha value is -1.85. The van der Waals surface area contributed by atoms with Gasteiger partial charge in [-0.25, -0.2) is 4.79 Å². The van der Waals surface area contributed by atoms with Gasteiger partial charge in [-0.15, -0.1) is 0 Å². The smallest absolute Gasteiger partial charge is 0.413 e. The Labute approximate surface area is 93.5 Å². The van der Waals surface area contributed by atoms with Gasteiger partial charge in [0, 0.05) is 18.7 Å². The lowest BCUT2D eigenvalue weighted by atomic mass is 10.1. The topological polar surface area (TPSA) is 75.4 Å². The van der Waals surface area contributed by atoms with E-state index in [4.69, 9.17) is 5.11 Å². The van der Waals surface area contributed by atoms with Gasteiger partial charge in [-0.2, -0.15) is 5.10 Å². The Bertz CT molecular complexity index is 417. The maximum absolute atomic E-state index is 11.1. The molecule has 16 heavy (non-hydrogen) atoms. The summed E-state index contributed by atoms with van der Waals surface area (Å²) in [5, 5.41) is 13.1. The summed E-state index contributed by atoms with van der Waals surface area (Å²) < 4.78 is 1.35. The molecular formula is C10H15N3O3. The van der Waals surface area contributed by atoms with Crippen LogP contribution in [0.1, 0.15) is 31.3 Å². The molecule has 0 unspecified atom stereocenters. The zero-order valence-corrected chi connectivity index (χ0v) is 9.76. The average Bonchev–Trinajstić information content (AvgIpc) is 2.43. The maximum atomic E-state index is 11.1. The number of hydrogen-bond donors (Lipinski definition) is 1. The minimum atomic E-state index is -1.09. The van der Waals surface area contributed by atoms with Crippen LogP contribution in [-0.4, -0.2) is 32.8 Å². The second-order valence-electron chi connectivity index (χ2n) is 4.46. The number of aldehydes is 1. The van der Waals surface area contributed by atoms with E-state index in [0.717, 1.165) is 4.90 Å². The van der Waals surface area contributed by atoms with Gasteiger partial charge >= 0.3 is 6.09 Å². The first-order valence-corrected chi connectivity index (χ1v) is 4.79. The number of anilines is 1. The lowest BCUT2D eigenvalue weighted by Crippen LogP contribution is -2.45. The molecule has 0 fully saturated rings. The fourth-order valence-corrected chi connectivity index (χ4v) is 1.41. The molecule has 0 saturated heterocycles. The summed E-state index contributed by atoms with van der Waals surface area (Å²) >= 11 is 0. The summed E-state index contributed by atoms with van der Waals surface area (Å²) in [6, 6.07) is 1.45. The molecule has 0 aliphatic heterocycles. The minimum absolute atomic E-state index is 0.254. The SMILES string of the molecule is Cn1nc(N(C(=O)O)C(C)(C)C)cc1C=O. The fraction of sp³-hybridized carbons (Fsp3) is 0.500. The minimum Gasteiger partial charge on any atom is -0.465 e. The summed E-state index contributed by atoms with van der Waals surface area (Å²) in [5.74, 6) is 0.254. The van der Waals surface area contributed by atoms with Crippen LogP contribution in [0.3, 0.4) is 0 Å². The maximum Gasteiger partial charge on any atom is 0.413 e. The molecule has 1 heterocycles. The van der Waals surface area contributed by atoms with Crippen LogP contribution in [0.4, 0.5) is 10.6 Å². The highest BCUT2D eigenvalue weighted by Crippen LogP contribution is 2.22. The molecule has 0 bridgehead atoms. The van der Waals surface area contributed by atoms with Gasteiger partial charge in [0.05, 0.1) is 0 Å². The van der Waals surface area contributed by atoms with Crippen LogP contribution in [-0.2, 0) is 7.05 Å². The van der Waals surface area contributed by atoms with E-state index in [-0.39, 0.29) is 5.82 Å². The van der Waals surface area contributed by atoms with Crippen molar-refractivity contribution < 1.29 is 14.7 Å². The van der Waals surface area contributed by atoms with Crippen molar-refractivity contribution in [2.24, 2.45) is 7.05 Å². The lowest BCUT2D eigenvalue weighted by Gasteiger charge is -2.30. The molecule has 6 heteroatoms. The van der Waals surface area contributed by atoms with E-state index in [1.165, 1.54) is 10.7 Å². The molecule has 88 valence electrons. The van der Waals surface area contributed by atoms with Crippen LogP contribution in [0.25, 0.3) is 0 Å². The van der Waals surface area contributed by atoms with Crippen LogP contribution in [0.5, 0.6) is 0 Å². The zero-order chi connectivity index (χ0) is 12.5. The zero-order valence-electron chi connectivity index (χ0n) is 9.76. The third-order valence-corrected chi connectivity index (χ3v) is 2.12. The molecule has 1 N–H and O–H groups in total. The molecule has 0 spiro atoms. The van der Waals surface area contributed by atoms with Crippen molar-refractivity contribution in [1.82, 2.24) is 9.78 Å². The van der Waals surface area contributed by atoms with Crippen molar-refractivity contribution in [3.05, 3.63) is 11.8 Å². The molecule has 0 radical (unpaired) electrons. The second kappa shape index (κ2) is 3.96. The molecule has 6 nitrogen and oxygen atoms in total. The number of carboxylic acid groups (broad SMARTS) is 1. The number of hydrogen-bond acceptors (Lipinski definition) is 3. The van der Waals surface area contributed by atoms with E-state index in [9.17, 15) is 9.59 Å². The summed E-state index contributed by atoms with van der Waals surface area (Å²) in [4.78, 5) is 22.9. The molecule has 0 saturated carbocycles. The Morgan fingerprint density at radius 3 is 2.44 bits per heavy atom. The van der Waals surface area contributed by atoms with Gasteiger partial charge in [0.2, 0.25) is 0 Å². The summed E-state index contributed by atoms with van der Waals surface area (Å²) in [7, 11) is 1.59. The van der Waals surface area contributed by atoms with Gasteiger partial charge in [-0.1, -0.05) is 0 Å². The summed E-state index contributed by atoms with van der Waals surface area (Å²) in [5.41, 5.74) is -0.272. The largest absolute Gasteiger partial charge is 0.465 e. The van der Waals surface area contributed by atoms with E-state index in [1.54, 1.807) is 27.8 Å². The molecule has 0 aliphatic rings. The molecule has 1 rings (SSSR count). The Morgan fingerprint density at radius 2 is 2.12 bits per heavy atom. The van der Waals surface area contributed by atoms with Crippen LogP contribution in [0, 0.1) is 0 Å². The van der Waals surface area contributed by atoms with E-state index in [1.807, 2.05) is 0 Å². The number of rotatable bonds is 2. The first-order chi connectivity index (χ1) is 7.27. The molecule has 1 aromatic rings. The molecule has 1 aromatic heterocycles. The number of nitrogens with zero attached hydrogens (tertiary/aromatic N) is 3. The van der Waals surface area contributed by atoms with Gasteiger partial charge in [0.15, 0.2) is 12.1 Å². The van der Waals surface area contributed by atoms with Gasteiger partial charge in [0.25, 0.3) is 0 Å². The lowest BCUT2D eigenvalue weighted by molar-refractivity contribution is 0.111. The Balaban J connectivity index is 3.22. The highest BCUT2D eigenvalue weighted by Gasteiger charge is 2.30. The first-order valence-electron chi connectivity index (χ1n) is 4.79. The van der Waals surface area contributed by atoms with E-state index in [0.29, 0.717) is 12.0 Å². The highest BCUT2D eigenvalue weighted by molar-refractivity contribution is 5.87. The molecular weight excluding hydrogens is 210 g/mol. The predicted octanol–water partition coefficient (Wildman–Crippen LogP) is 1.52. The number of aryl methyl sites for hydroxylation is 1. The normalized spacial score (nSPS) is 11.2. The van der Waals surface area contributed by atoms with Crippen molar-refractivity contribution >= 4 is 18.2 Å². The molecule has 0 atom stereocenters. The van der Waals surface area contributed by atoms with Crippen LogP contribution in [0.2, 0.25) is 0 Å². The van der Waals surface area contributed by atoms with Crippen molar-refractivity contribution in [1.29, 1.82) is 0 Å². The fourth-order valence-electron chi connectivity index (χ4n) is 1.41. The van der Waals surface area contributed by atoms with Gasteiger partial charge < -0.3 is 5.11 Å². The third kappa shape index (κ3) is 2.21. The van der Waals surface area contributed by atoms with Crippen LogP contribution >= 0.6 is 0 Å². The quantitative estimate of drug-likeness (QED) is 0.774. The number of carbonyl (C=O) groups excluding carboxylic acids is 1. The van der Waals surface area contributed by atoms with Gasteiger partial charge in [-0.3, -0.25) is 14.4 Å². The van der Waals surface area contributed by atoms with Crippen molar-refractivity contribution in [2.45, 2.75) is 26.3 Å². The summed E-state index contributed by atoms with van der Waals surface area (Å²) in [6.45, 7) is 5.28. The molecule has 0 aromatic carbocycles. The van der Waals surface area contributed by atoms with E-state index in [2.05, 4.69) is 5.10 Å². The number of amides is 1. The van der Waals surface area contributed by atoms with E-state index >= 15 is 0 Å². The predicted molar refractivity (Wildman–Crippen MR) is 58.9 cm³/mol.